The normalized spacial score (nSPS) is 23.2. The Morgan fingerprint density at radius 2 is 1.41 bits per heavy atom. The van der Waals surface area contributed by atoms with Crippen molar-refractivity contribution in [3.05, 3.63) is 12.2 Å². The first-order chi connectivity index (χ1) is 14.2. The predicted molar refractivity (Wildman–Crippen MR) is 118 cm³/mol. The van der Waals surface area contributed by atoms with Gasteiger partial charge in [0, 0.05) is 6.61 Å². The molecule has 5 heteroatoms. The van der Waals surface area contributed by atoms with Crippen molar-refractivity contribution >= 4 is 0 Å². The van der Waals surface area contributed by atoms with Crippen LogP contribution in [0.4, 0.5) is 0 Å². The van der Waals surface area contributed by atoms with E-state index in [1.54, 1.807) is 0 Å². The summed E-state index contributed by atoms with van der Waals surface area (Å²) in [5.41, 5.74) is 0. The molecule has 1 saturated heterocycles. The van der Waals surface area contributed by atoms with Crippen LogP contribution in [0.1, 0.15) is 96.8 Å². The first-order valence-electron chi connectivity index (χ1n) is 12.1. The lowest BCUT2D eigenvalue weighted by atomic mass is 10.1. The van der Waals surface area contributed by atoms with E-state index >= 15 is 0 Å². The van der Waals surface area contributed by atoms with Crippen LogP contribution in [0.25, 0.3) is 0 Å². The van der Waals surface area contributed by atoms with Crippen LogP contribution in [0.15, 0.2) is 12.2 Å². The van der Waals surface area contributed by atoms with Crippen LogP contribution in [0.5, 0.6) is 0 Å². The van der Waals surface area contributed by atoms with Crippen LogP contribution in [0.3, 0.4) is 0 Å². The highest BCUT2D eigenvalue weighted by Gasteiger charge is 2.40. The van der Waals surface area contributed by atoms with Gasteiger partial charge in [0.25, 0.3) is 0 Å². The fraction of sp³-hybridized carbons (Fsp3) is 0.917. The number of ether oxygens (including phenoxy) is 2. The molecule has 0 unspecified atom stereocenters. The van der Waals surface area contributed by atoms with Gasteiger partial charge in [-0.1, -0.05) is 76.9 Å². The average molecular weight is 415 g/mol. The molecular formula is C24H46O5. The molecule has 0 spiro atoms. The van der Waals surface area contributed by atoms with Crippen molar-refractivity contribution in [1.29, 1.82) is 0 Å². The molecule has 1 rings (SSSR count). The van der Waals surface area contributed by atoms with E-state index in [1.165, 1.54) is 77.0 Å². The van der Waals surface area contributed by atoms with Crippen molar-refractivity contribution in [2.45, 2.75) is 121 Å². The van der Waals surface area contributed by atoms with Gasteiger partial charge < -0.3 is 24.8 Å². The van der Waals surface area contributed by atoms with Gasteiger partial charge in [-0.2, -0.15) is 0 Å². The summed E-state index contributed by atoms with van der Waals surface area (Å²) in [6.45, 7) is 2.70. The summed E-state index contributed by atoms with van der Waals surface area (Å²) < 4.78 is 11.0. The van der Waals surface area contributed by atoms with Gasteiger partial charge in [0.1, 0.15) is 24.4 Å². The van der Waals surface area contributed by atoms with E-state index < -0.39 is 24.4 Å². The van der Waals surface area contributed by atoms with Crippen molar-refractivity contribution in [1.82, 2.24) is 0 Å². The summed E-state index contributed by atoms with van der Waals surface area (Å²) in [4.78, 5) is 0. The zero-order valence-electron chi connectivity index (χ0n) is 18.6. The number of rotatable bonds is 19. The van der Waals surface area contributed by atoms with Crippen LogP contribution in [0.2, 0.25) is 0 Å². The smallest absolute Gasteiger partial charge is 0.114 e. The third kappa shape index (κ3) is 12.7. The molecular weight excluding hydrogens is 368 g/mol. The molecule has 0 bridgehead atoms. The molecule has 1 heterocycles. The van der Waals surface area contributed by atoms with Gasteiger partial charge in [-0.05, 0) is 32.1 Å². The summed E-state index contributed by atoms with van der Waals surface area (Å²) in [5.74, 6) is 0. The topological polar surface area (TPSA) is 79.2 Å². The third-order valence-electron chi connectivity index (χ3n) is 5.72. The second-order valence-corrected chi connectivity index (χ2v) is 8.39. The van der Waals surface area contributed by atoms with E-state index in [1.807, 2.05) is 0 Å². The molecule has 0 aromatic rings. The Balaban J connectivity index is 1.86. The van der Waals surface area contributed by atoms with Crippen LogP contribution >= 0.6 is 0 Å². The van der Waals surface area contributed by atoms with E-state index in [9.17, 15) is 15.3 Å². The molecule has 1 aliphatic heterocycles. The number of aliphatic hydroxyl groups is 3. The van der Waals surface area contributed by atoms with Gasteiger partial charge in [-0.25, -0.2) is 0 Å². The number of aliphatic hydroxyl groups excluding tert-OH is 3. The van der Waals surface area contributed by atoms with Gasteiger partial charge in [0.2, 0.25) is 0 Å². The second kappa shape index (κ2) is 18.3. The van der Waals surface area contributed by atoms with Gasteiger partial charge in [-0.15, -0.1) is 0 Å². The number of hydrogen-bond acceptors (Lipinski definition) is 5. The second-order valence-electron chi connectivity index (χ2n) is 8.39. The lowest BCUT2D eigenvalue weighted by molar-refractivity contribution is -0.101. The Labute approximate surface area is 178 Å². The molecule has 0 amide bonds. The summed E-state index contributed by atoms with van der Waals surface area (Å²) in [6.07, 6.45) is 19.4. The molecule has 5 nitrogen and oxygen atoms in total. The van der Waals surface area contributed by atoms with Crippen molar-refractivity contribution in [3.63, 3.8) is 0 Å². The third-order valence-corrected chi connectivity index (χ3v) is 5.72. The summed E-state index contributed by atoms with van der Waals surface area (Å²) >= 11 is 0. The first-order valence-corrected chi connectivity index (χ1v) is 12.1. The molecule has 0 radical (unpaired) electrons. The molecule has 0 aromatic heterocycles. The maximum Gasteiger partial charge on any atom is 0.114 e. The van der Waals surface area contributed by atoms with Gasteiger partial charge in [0.15, 0.2) is 0 Å². The van der Waals surface area contributed by atoms with Crippen molar-refractivity contribution in [2.24, 2.45) is 0 Å². The average Bonchev–Trinajstić information content (AvgIpc) is 3.06. The Kier molecular flexibility index (Phi) is 16.8. The highest BCUT2D eigenvalue weighted by Crippen LogP contribution is 2.20. The van der Waals surface area contributed by atoms with Gasteiger partial charge in [-0.3, -0.25) is 0 Å². The quantitative estimate of drug-likeness (QED) is 0.214. The van der Waals surface area contributed by atoms with E-state index in [2.05, 4.69) is 19.1 Å². The monoisotopic (exact) mass is 414 g/mol. The Morgan fingerprint density at radius 3 is 1.93 bits per heavy atom. The van der Waals surface area contributed by atoms with E-state index in [0.29, 0.717) is 6.61 Å². The SMILES string of the molecule is CCCCCCCCC/C=C/CCCCCCCO[C@@H](CO)[C@@H]1OC[C@@H](O)[C@@H]1O. The summed E-state index contributed by atoms with van der Waals surface area (Å²) in [7, 11) is 0. The fourth-order valence-corrected chi connectivity index (χ4v) is 3.79. The number of allylic oxidation sites excluding steroid dienone is 2. The molecule has 0 aliphatic carbocycles. The minimum atomic E-state index is -0.981. The first kappa shape index (κ1) is 26.6. The van der Waals surface area contributed by atoms with E-state index in [4.69, 9.17) is 9.47 Å². The molecule has 0 saturated carbocycles. The van der Waals surface area contributed by atoms with E-state index in [0.717, 1.165) is 12.8 Å². The van der Waals surface area contributed by atoms with Crippen molar-refractivity contribution in [3.8, 4) is 0 Å². The van der Waals surface area contributed by atoms with Gasteiger partial charge in [0.05, 0.1) is 13.2 Å². The lowest BCUT2D eigenvalue weighted by Gasteiger charge is -2.24. The zero-order valence-corrected chi connectivity index (χ0v) is 18.6. The highest BCUT2D eigenvalue weighted by atomic mass is 16.6. The fourth-order valence-electron chi connectivity index (χ4n) is 3.79. The maximum absolute atomic E-state index is 9.83. The Bertz CT molecular complexity index is 387. The minimum Gasteiger partial charge on any atom is -0.394 e. The maximum atomic E-state index is 9.83. The molecule has 1 aliphatic rings. The highest BCUT2D eigenvalue weighted by molar-refractivity contribution is 4.88. The van der Waals surface area contributed by atoms with Crippen molar-refractivity contribution in [2.75, 3.05) is 19.8 Å². The zero-order chi connectivity index (χ0) is 21.2. The summed E-state index contributed by atoms with van der Waals surface area (Å²) in [5, 5.41) is 28.8. The number of unbranched alkanes of at least 4 members (excludes halogenated alkanes) is 12. The molecule has 172 valence electrons. The summed E-state index contributed by atoms with van der Waals surface area (Å²) in [6, 6.07) is 0. The largest absolute Gasteiger partial charge is 0.394 e. The van der Waals surface area contributed by atoms with E-state index in [-0.39, 0.29) is 13.2 Å². The van der Waals surface area contributed by atoms with Crippen LogP contribution in [-0.2, 0) is 9.47 Å². The Hall–Kier alpha value is -0.460. The minimum absolute atomic E-state index is 0.0964. The standard InChI is InChI=1S/C24H46O5/c1-2-3-4-5-6-7-8-9-10-11-12-13-14-15-16-17-18-28-22(19-25)24-23(27)21(26)20-29-24/h10-11,21-27H,2-9,12-20H2,1H3/b11-10+/t21-,22+,23+,24+/m1/s1. The van der Waals surface area contributed by atoms with Crippen LogP contribution in [0, 0.1) is 0 Å². The van der Waals surface area contributed by atoms with Crippen molar-refractivity contribution < 1.29 is 24.8 Å². The van der Waals surface area contributed by atoms with Crippen LogP contribution in [-0.4, -0.2) is 59.6 Å². The molecule has 4 atom stereocenters. The van der Waals surface area contributed by atoms with Gasteiger partial charge >= 0.3 is 0 Å². The molecule has 29 heavy (non-hydrogen) atoms. The molecule has 0 aromatic carbocycles. The number of hydrogen-bond donors (Lipinski definition) is 3. The molecule has 3 N–H and O–H groups in total. The lowest BCUT2D eigenvalue weighted by Crippen LogP contribution is -2.42. The predicted octanol–water partition coefficient (Wildman–Crippen LogP) is 4.52. The Morgan fingerprint density at radius 1 is 0.862 bits per heavy atom. The van der Waals surface area contributed by atoms with Crippen LogP contribution < -0.4 is 0 Å². The molecule has 1 fully saturated rings.